The molecule has 0 aromatic heterocycles. The second-order valence-electron chi connectivity index (χ2n) is 2.19. The minimum absolute atomic E-state index is 0.329. The molecule has 0 aromatic rings. The first-order chi connectivity index (χ1) is 4.20. The number of aliphatic hydroxyl groups excluding tert-OH is 1. The molecular formula is C5H9NO3. The maximum absolute atomic E-state index is 10.2. The Hall–Kier alpha value is -0.610. The van der Waals surface area contributed by atoms with E-state index in [9.17, 15) is 4.79 Å². The quantitative estimate of drug-likeness (QED) is 0.427. The first-order valence-electron chi connectivity index (χ1n) is 2.84. The highest BCUT2D eigenvalue weighted by Gasteiger charge is 2.27. The van der Waals surface area contributed by atoms with Gasteiger partial charge in [0.2, 0.25) is 0 Å². The Morgan fingerprint density at radius 1 is 1.67 bits per heavy atom. The lowest BCUT2D eigenvalue weighted by atomic mass is 10.1. The van der Waals surface area contributed by atoms with Gasteiger partial charge in [-0.2, -0.15) is 0 Å². The SMILES string of the molecule is O=C(O)C1CNC(O)C1. The lowest BCUT2D eigenvalue weighted by molar-refractivity contribution is -0.141. The molecule has 0 spiro atoms. The van der Waals surface area contributed by atoms with Crippen LogP contribution in [0.5, 0.6) is 0 Å². The standard InChI is InChI=1S/C5H9NO3/c7-4-1-3(2-6-4)5(8)9/h3-4,6-7H,1-2H2,(H,8,9). The third-order valence-electron chi connectivity index (χ3n) is 1.46. The van der Waals surface area contributed by atoms with Crippen molar-refractivity contribution in [3.05, 3.63) is 0 Å². The minimum atomic E-state index is -0.834. The number of carboxylic acids is 1. The van der Waals surface area contributed by atoms with Gasteiger partial charge in [0.25, 0.3) is 0 Å². The zero-order valence-electron chi connectivity index (χ0n) is 4.87. The Balaban J connectivity index is 2.39. The highest BCUT2D eigenvalue weighted by Crippen LogP contribution is 2.11. The fourth-order valence-corrected chi connectivity index (χ4v) is 0.903. The van der Waals surface area contributed by atoms with Crippen LogP contribution >= 0.6 is 0 Å². The molecule has 52 valence electrons. The van der Waals surface area contributed by atoms with Gasteiger partial charge in [-0.3, -0.25) is 10.1 Å². The van der Waals surface area contributed by atoms with E-state index in [0.717, 1.165) is 0 Å². The predicted octanol–water partition coefficient (Wildman–Crippen LogP) is -1.00. The third-order valence-corrected chi connectivity index (χ3v) is 1.46. The van der Waals surface area contributed by atoms with Gasteiger partial charge in [0.05, 0.1) is 5.92 Å². The molecule has 1 fully saturated rings. The van der Waals surface area contributed by atoms with Crippen molar-refractivity contribution in [3.63, 3.8) is 0 Å². The molecule has 0 aromatic carbocycles. The number of carbonyl (C=O) groups is 1. The van der Waals surface area contributed by atoms with Gasteiger partial charge < -0.3 is 10.2 Å². The molecule has 0 saturated carbocycles. The van der Waals surface area contributed by atoms with Crippen molar-refractivity contribution in [1.29, 1.82) is 0 Å². The number of hydrogen-bond acceptors (Lipinski definition) is 3. The molecule has 2 unspecified atom stereocenters. The zero-order valence-corrected chi connectivity index (χ0v) is 4.87. The fourth-order valence-electron chi connectivity index (χ4n) is 0.903. The van der Waals surface area contributed by atoms with Crippen molar-refractivity contribution in [2.75, 3.05) is 6.54 Å². The second kappa shape index (κ2) is 2.33. The van der Waals surface area contributed by atoms with E-state index >= 15 is 0 Å². The summed E-state index contributed by atoms with van der Waals surface area (Å²) in [6.45, 7) is 0.385. The Labute approximate surface area is 52.5 Å². The van der Waals surface area contributed by atoms with Crippen molar-refractivity contribution in [3.8, 4) is 0 Å². The second-order valence-corrected chi connectivity index (χ2v) is 2.19. The van der Waals surface area contributed by atoms with Crippen molar-refractivity contribution < 1.29 is 15.0 Å². The van der Waals surface area contributed by atoms with Gasteiger partial charge >= 0.3 is 5.97 Å². The number of nitrogens with one attached hydrogen (secondary N) is 1. The normalized spacial score (nSPS) is 34.8. The summed E-state index contributed by atoms with van der Waals surface area (Å²) < 4.78 is 0. The highest BCUT2D eigenvalue weighted by atomic mass is 16.4. The number of aliphatic carboxylic acids is 1. The Kier molecular flexibility index (Phi) is 1.68. The van der Waals surface area contributed by atoms with Crippen molar-refractivity contribution in [2.24, 2.45) is 5.92 Å². The van der Waals surface area contributed by atoms with Gasteiger partial charge in [0.1, 0.15) is 6.23 Å². The molecule has 1 saturated heterocycles. The molecular weight excluding hydrogens is 122 g/mol. The predicted molar refractivity (Wildman–Crippen MR) is 29.8 cm³/mol. The maximum atomic E-state index is 10.2. The number of rotatable bonds is 1. The van der Waals surface area contributed by atoms with E-state index in [1.807, 2.05) is 0 Å². The van der Waals surface area contributed by atoms with Crippen LogP contribution < -0.4 is 5.32 Å². The molecule has 4 nitrogen and oxygen atoms in total. The van der Waals surface area contributed by atoms with E-state index in [2.05, 4.69) is 5.32 Å². The molecule has 2 atom stereocenters. The number of aliphatic hydroxyl groups is 1. The summed E-state index contributed by atoms with van der Waals surface area (Å²) in [5.74, 6) is -1.24. The van der Waals surface area contributed by atoms with Gasteiger partial charge in [-0.15, -0.1) is 0 Å². The molecule has 1 aliphatic heterocycles. The van der Waals surface area contributed by atoms with E-state index in [4.69, 9.17) is 10.2 Å². The van der Waals surface area contributed by atoms with E-state index in [1.165, 1.54) is 0 Å². The molecule has 0 aliphatic carbocycles. The molecule has 0 radical (unpaired) electrons. The summed E-state index contributed by atoms with van der Waals surface area (Å²) in [7, 11) is 0. The van der Waals surface area contributed by atoms with Crippen LogP contribution in [0.3, 0.4) is 0 Å². The average molecular weight is 131 g/mol. The van der Waals surface area contributed by atoms with E-state index in [1.54, 1.807) is 0 Å². The van der Waals surface area contributed by atoms with E-state index in [-0.39, 0.29) is 0 Å². The Morgan fingerprint density at radius 2 is 2.33 bits per heavy atom. The van der Waals surface area contributed by atoms with Gasteiger partial charge in [0, 0.05) is 13.0 Å². The lowest BCUT2D eigenvalue weighted by Crippen LogP contribution is -2.20. The number of hydrogen-bond donors (Lipinski definition) is 3. The van der Waals surface area contributed by atoms with Gasteiger partial charge in [-0.1, -0.05) is 0 Å². The molecule has 9 heavy (non-hydrogen) atoms. The molecule has 4 heteroatoms. The number of carboxylic acid groups (broad SMARTS) is 1. The third kappa shape index (κ3) is 1.40. The largest absolute Gasteiger partial charge is 0.481 e. The summed E-state index contributed by atoms with van der Waals surface area (Å²) in [6, 6.07) is 0. The van der Waals surface area contributed by atoms with Crippen molar-refractivity contribution in [1.82, 2.24) is 5.32 Å². The first-order valence-corrected chi connectivity index (χ1v) is 2.84. The van der Waals surface area contributed by atoms with Gasteiger partial charge in [-0.05, 0) is 0 Å². The molecule has 1 rings (SSSR count). The van der Waals surface area contributed by atoms with Crippen molar-refractivity contribution in [2.45, 2.75) is 12.6 Å². The van der Waals surface area contributed by atoms with E-state index in [0.29, 0.717) is 13.0 Å². The maximum Gasteiger partial charge on any atom is 0.307 e. The van der Waals surface area contributed by atoms with Crippen LogP contribution in [0.1, 0.15) is 6.42 Å². The molecule has 0 amide bonds. The van der Waals surface area contributed by atoms with Crippen LogP contribution in [0.15, 0.2) is 0 Å². The molecule has 1 heterocycles. The topological polar surface area (TPSA) is 69.6 Å². The molecule has 0 bridgehead atoms. The van der Waals surface area contributed by atoms with Crippen LogP contribution in [0.4, 0.5) is 0 Å². The minimum Gasteiger partial charge on any atom is -0.481 e. The van der Waals surface area contributed by atoms with E-state index < -0.39 is 18.1 Å². The fraction of sp³-hybridized carbons (Fsp3) is 0.800. The zero-order chi connectivity index (χ0) is 6.85. The smallest absolute Gasteiger partial charge is 0.307 e. The van der Waals surface area contributed by atoms with Gasteiger partial charge in [0.15, 0.2) is 0 Å². The summed E-state index contributed by atoms with van der Waals surface area (Å²) >= 11 is 0. The van der Waals surface area contributed by atoms with Crippen LogP contribution in [0, 0.1) is 5.92 Å². The van der Waals surface area contributed by atoms with Crippen LogP contribution in [0.2, 0.25) is 0 Å². The summed E-state index contributed by atoms with van der Waals surface area (Å²) in [5, 5.41) is 19.8. The first kappa shape index (κ1) is 6.51. The summed E-state index contributed by atoms with van der Waals surface area (Å²) in [4.78, 5) is 10.2. The highest BCUT2D eigenvalue weighted by molar-refractivity contribution is 5.70. The summed E-state index contributed by atoms with van der Waals surface area (Å²) in [5.41, 5.74) is 0. The van der Waals surface area contributed by atoms with Crippen molar-refractivity contribution >= 4 is 5.97 Å². The van der Waals surface area contributed by atoms with Crippen LogP contribution in [-0.2, 0) is 4.79 Å². The lowest BCUT2D eigenvalue weighted by Gasteiger charge is -1.97. The summed E-state index contributed by atoms with van der Waals surface area (Å²) in [6.07, 6.45) is -0.291. The molecule has 3 N–H and O–H groups in total. The monoisotopic (exact) mass is 131 g/mol. The van der Waals surface area contributed by atoms with Gasteiger partial charge in [-0.25, -0.2) is 0 Å². The average Bonchev–Trinajstić information content (AvgIpc) is 2.14. The van der Waals surface area contributed by atoms with Crippen LogP contribution in [0.25, 0.3) is 0 Å². The molecule has 1 aliphatic rings. The Morgan fingerprint density at radius 3 is 2.56 bits per heavy atom. The Bertz CT molecular complexity index is 125. The van der Waals surface area contributed by atoms with Crippen LogP contribution in [-0.4, -0.2) is 29.0 Å².